The first kappa shape index (κ1) is 32.8. The minimum absolute atomic E-state index is 0.0170. The first-order valence-electron chi connectivity index (χ1n) is 13.2. The molecule has 1 heterocycles. The van der Waals surface area contributed by atoms with Gasteiger partial charge in [0.2, 0.25) is 5.43 Å². The molecule has 0 atom stereocenters. The zero-order valence-corrected chi connectivity index (χ0v) is 24.8. The van der Waals surface area contributed by atoms with Crippen molar-refractivity contribution in [2.75, 3.05) is 0 Å². The van der Waals surface area contributed by atoms with Crippen molar-refractivity contribution in [1.29, 1.82) is 0 Å². The van der Waals surface area contributed by atoms with Crippen LogP contribution in [0.1, 0.15) is 11.1 Å². The van der Waals surface area contributed by atoms with Gasteiger partial charge in [0.05, 0.1) is 37.7 Å². The van der Waals surface area contributed by atoms with E-state index in [0.29, 0.717) is 21.9 Å². The van der Waals surface area contributed by atoms with Crippen LogP contribution in [0.2, 0.25) is 0 Å². The Morgan fingerprint density at radius 3 is 1.54 bits per heavy atom. The third-order valence-corrected chi connectivity index (χ3v) is 9.62. The first-order chi connectivity index (χ1) is 21.6. The van der Waals surface area contributed by atoms with E-state index in [1.807, 2.05) is 48.5 Å². The fourth-order valence-electron chi connectivity index (χ4n) is 4.50. The molecule has 46 heavy (non-hydrogen) atoms. The summed E-state index contributed by atoms with van der Waals surface area (Å²) < 4.78 is 111. The highest BCUT2D eigenvalue weighted by Gasteiger charge is 2.37. The van der Waals surface area contributed by atoms with Crippen LogP contribution < -0.4 is 5.43 Å². The molecule has 6 rings (SSSR count). The van der Waals surface area contributed by atoms with Gasteiger partial charge in [-0.3, -0.25) is 4.79 Å². The van der Waals surface area contributed by atoms with Crippen molar-refractivity contribution in [2.24, 2.45) is 0 Å². The molecule has 0 bridgehead atoms. The number of halogens is 6. The predicted octanol–water partition coefficient (Wildman–Crippen LogP) is 8.67. The Hall–Kier alpha value is -4.59. The normalized spacial score (nSPS) is 12.3. The average molecular weight is 675 g/mol. The van der Waals surface area contributed by atoms with Crippen molar-refractivity contribution in [3.63, 3.8) is 0 Å². The number of benzene rings is 5. The van der Waals surface area contributed by atoms with Crippen LogP contribution in [0.15, 0.2) is 150 Å². The van der Waals surface area contributed by atoms with Crippen molar-refractivity contribution >= 4 is 43.0 Å². The van der Waals surface area contributed by atoms with Crippen LogP contribution in [0.25, 0.3) is 21.9 Å². The summed E-state index contributed by atoms with van der Waals surface area (Å²) in [4.78, 5) is 15.0. The van der Waals surface area contributed by atoms with Gasteiger partial charge >= 0.3 is 12.4 Å². The van der Waals surface area contributed by atoms with Crippen LogP contribution in [-0.2, 0) is 33.4 Å². The molecule has 13 heteroatoms. The molecule has 0 aliphatic heterocycles. The second-order valence-corrected chi connectivity index (χ2v) is 13.1. The van der Waals surface area contributed by atoms with Gasteiger partial charge in [0.25, 0.3) is 0 Å². The number of hydrogen-bond acceptors (Lipinski definition) is 5. The Labute approximate surface area is 260 Å². The molecular formula is C33H20F6O5S2. The zero-order chi connectivity index (χ0) is 33.3. The molecule has 0 radical (unpaired) electrons. The van der Waals surface area contributed by atoms with E-state index in [1.165, 1.54) is 9.79 Å². The molecule has 0 spiro atoms. The van der Waals surface area contributed by atoms with Gasteiger partial charge in [-0.1, -0.05) is 48.5 Å². The minimum Gasteiger partial charge on any atom is -0.744 e. The largest absolute Gasteiger partial charge is 0.744 e. The summed E-state index contributed by atoms with van der Waals surface area (Å²) in [6, 6.07) is 33.7. The lowest BCUT2D eigenvalue weighted by Gasteiger charge is -2.15. The molecule has 0 amide bonds. The SMILES string of the molecule is O=S(=O)([O-])c1cc(C(F)(F)F)cc(C(F)(F)F)c1.O=c1c2ccccc2oc2ccc([S+](c3ccccc3)c3ccccc3)cc12. The van der Waals surface area contributed by atoms with E-state index in [0.717, 1.165) is 4.90 Å². The van der Waals surface area contributed by atoms with Crippen LogP contribution in [0, 0.1) is 0 Å². The lowest BCUT2D eigenvalue weighted by molar-refractivity contribution is -0.143. The fraction of sp³-hybridized carbons (Fsp3) is 0.0606. The second-order valence-electron chi connectivity index (χ2n) is 9.71. The highest BCUT2D eigenvalue weighted by Crippen LogP contribution is 2.37. The van der Waals surface area contributed by atoms with Gasteiger partial charge in [0, 0.05) is 6.07 Å². The van der Waals surface area contributed by atoms with E-state index in [9.17, 15) is 44.1 Å². The second kappa shape index (κ2) is 12.7. The summed E-state index contributed by atoms with van der Waals surface area (Å²) in [5.41, 5.74) is -2.45. The number of fused-ring (bicyclic) bond motifs is 2. The van der Waals surface area contributed by atoms with Gasteiger partial charge in [-0.05, 0) is 66.7 Å². The molecule has 0 unspecified atom stereocenters. The van der Waals surface area contributed by atoms with Crippen LogP contribution >= 0.6 is 0 Å². The molecule has 236 valence electrons. The molecule has 1 aromatic heterocycles. The Balaban J connectivity index is 0.000000202. The van der Waals surface area contributed by atoms with E-state index in [2.05, 4.69) is 54.6 Å². The van der Waals surface area contributed by atoms with E-state index in [1.54, 1.807) is 0 Å². The maximum atomic E-state index is 13.1. The molecule has 5 aromatic carbocycles. The quantitative estimate of drug-likeness (QED) is 0.0809. The number of hydrogen-bond donors (Lipinski definition) is 0. The van der Waals surface area contributed by atoms with Crippen LogP contribution in [0.3, 0.4) is 0 Å². The molecule has 0 fully saturated rings. The van der Waals surface area contributed by atoms with Crippen molar-refractivity contribution in [1.82, 2.24) is 0 Å². The van der Waals surface area contributed by atoms with Crippen molar-refractivity contribution in [3.8, 4) is 0 Å². The van der Waals surface area contributed by atoms with E-state index in [-0.39, 0.29) is 34.5 Å². The smallest absolute Gasteiger partial charge is 0.416 e. The van der Waals surface area contributed by atoms with Gasteiger partial charge in [0.15, 0.2) is 14.7 Å². The van der Waals surface area contributed by atoms with Gasteiger partial charge in [-0.15, -0.1) is 0 Å². The monoisotopic (exact) mass is 674 g/mol. The van der Waals surface area contributed by atoms with Gasteiger partial charge in [-0.2, -0.15) is 26.3 Å². The average Bonchev–Trinajstić information content (AvgIpc) is 3.01. The van der Waals surface area contributed by atoms with Gasteiger partial charge < -0.3 is 8.97 Å². The lowest BCUT2D eigenvalue weighted by atomic mass is 10.1. The van der Waals surface area contributed by atoms with E-state index >= 15 is 0 Å². The highest BCUT2D eigenvalue weighted by atomic mass is 32.2. The molecule has 0 saturated carbocycles. The minimum atomic E-state index is -5.42. The maximum Gasteiger partial charge on any atom is 0.416 e. The topological polar surface area (TPSA) is 87.4 Å². The summed E-state index contributed by atoms with van der Waals surface area (Å²) in [7, 11) is -5.71. The van der Waals surface area contributed by atoms with Crippen LogP contribution in [-0.4, -0.2) is 13.0 Å². The summed E-state index contributed by atoms with van der Waals surface area (Å²) >= 11 is 0. The Morgan fingerprint density at radius 1 is 0.565 bits per heavy atom. The Kier molecular flexibility index (Phi) is 9.03. The third-order valence-electron chi connectivity index (χ3n) is 6.59. The number of rotatable bonds is 4. The summed E-state index contributed by atoms with van der Waals surface area (Å²) in [5.74, 6) is 0. The number of para-hydroxylation sites is 1. The van der Waals surface area contributed by atoms with Crippen molar-refractivity contribution in [3.05, 3.63) is 143 Å². The van der Waals surface area contributed by atoms with E-state index in [4.69, 9.17) is 4.42 Å². The highest BCUT2D eigenvalue weighted by molar-refractivity contribution is 7.97. The summed E-state index contributed by atoms with van der Waals surface area (Å²) in [5, 5.41) is 1.24. The maximum absolute atomic E-state index is 13.1. The molecule has 0 N–H and O–H groups in total. The van der Waals surface area contributed by atoms with Crippen LogP contribution in [0.4, 0.5) is 26.3 Å². The summed E-state index contributed by atoms with van der Waals surface area (Å²) in [6.07, 6.45) is -10.4. The molecule has 6 aromatic rings. The standard InChI is InChI=1S/C25H17O2S.C8H4F6O3S/c26-25-21-13-7-8-14-23(21)27-24-16-15-20(17-22(24)25)28(18-9-3-1-4-10-18)19-11-5-2-6-12-19;9-7(10,11)4-1-5(8(12,13)14)3-6(2-4)18(15,16)17/h1-17H;1-3H,(H,15,16,17)/q+1;/p-1. The molecule has 0 aliphatic carbocycles. The van der Waals surface area contributed by atoms with Gasteiger partial charge in [-0.25, -0.2) is 8.42 Å². The zero-order valence-electron chi connectivity index (χ0n) is 23.2. The van der Waals surface area contributed by atoms with Crippen molar-refractivity contribution in [2.45, 2.75) is 31.9 Å². The third kappa shape index (κ3) is 7.27. The predicted molar refractivity (Wildman–Crippen MR) is 159 cm³/mol. The number of alkyl halides is 6. The summed E-state index contributed by atoms with van der Waals surface area (Å²) in [6.45, 7) is 0. The fourth-order valence-corrected chi connectivity index (χ4v) is 7.16. The molecule has 0 aliphatic rings. The Bertz CT molecular complexity index is 2110. The lowest BCUT2D eigenvalue weighted by Crippen LogP contribution is -2.13. The van der Waals surface area contributed by atoms with Crippen LogP contribution in [0.5, 0.6) is 0 Å². The first-order valence-corrected chi connectivity index (χ1v) is 15.8. The van der Waals surface area contributed by atoms with E-state index < -0.39 is 38.5 Å². The van der Waals surface area contributed by atoms with Gasteiger partial charge in [0.1, 0.15) is 21.3 Å². The Morgan fingerprint density at radius 2 is 1.04 bits per heavy atom. The molecule has 0 saturated heterocycles. The molecule has 5 nitrogen and oxygen atoms in total. The van der Waals surface area contributed by atoms with Crippen molar-refractivity contribution < 1.29 is 43.7 Å². The molecular weight excluding hydrogens is 654 g/mol.